The van der Waals surface area contributed by atoms with Gasteiger partial charge >= 0.3 is 0 Å². The van der Waals surface area contributed by atoms with Crippen molar-refractivity contribution in [1.82, 2.24) is 0 Å². The van der Waals surface area contributed by atoms with Crippen molar-refractivity contribution in [3.8, 4) is 0 Å². The van der Waals surface area contributed by atoms with Crippen LogP contribution >= 0.6 is 15.9 Å². The van der Waals surface area contributed by atoms with Gasteiger partial charge in [-0.1, -0.05) is 15.9 Å². The Labute approximate surface area is 84.1 Å². The molecule has 1 fully saturated rings. The van der Waals surface area contributed by atoms with Gasteiger partial charge in [-0.25, -0.2) is 4.39 Å². The fourth-order valence-electron chi connectivity index (χ4n) is 1.52. The summed E-state index contributed by atoms with van der Waals surface area (Å²) in [5.74, 6) is -0.144. The van der Waals surface area contributed by atoms with Crippen molar-refractivity contribution in [2.45, 2.75) is 18.8 Å². The highest BCUT2D eigenvalue weighted by Crippen LogP contribution is 2.37. The van der Waals surface area contributed by atoms with Gasteiger partial charge in [0.25, 0.3) is 0 Å². The molecule has 1 aromatic carbocycles. The van der Waals surface area contributed by atoms with Crippen LogP contribution in [-0.2, 0) is 4.79 Å². The van der Waals surface area contributed by atoms with Crippen LogP contribution in [0.5, 0.6) is 0 Å². The van der Waals surface area contributed by atoms with E-state index in [1.54, 1.807) is 6.07 Å². The smallest absolute Gasteiger partial charge is 0.140 e. The summed E-state index contributed by atoms with van der Waals surface area (Å²) in [5, 5.41) is 0. The Morgan fingerprint density at radius 3 is 2.77 bits per heavy atom. The molecule has 1 unspecified atom stereocenters. The van der Waals surface area contributed by atoms with E-state index in [-0.39, 0.29) is 17.5 Å². The van der Waals surface area contributed by atoms with Crippen LogP contribution in [0.15, 0.2) is 22.7 Å². The van der Waals surface area contributed by atoms with Gasteiger partial charge in [0.15, 0.2) is 0 Å². The lowest BCUT2D eigenvalue weighted by atomic mass is 9.79. The summed E-state index contributed by atoms with van der Waals surface area (Å²) in [6.07, 6.45) is 1.48. The van der Waals surface area contributed by atoms with E-state index in [0.29, 0.717) is 6.42 Å². The van der Waals surface area contributed by atoms with E-state index < -0.39 is 0 Å². The maximum atomic E-state index is 12.9. The SMILES string of the molecule is O=C1CCC1c1cc(F)ccc1Br. The Kier molecular flexibility index (Phi) is 2.20. The summed E-state index contributed by atoms with van der Waals surface area (Å²) >= 11 is 3.31. The first-order chi connectivity index (χ1) is 6.18. The largest absolute Gasteiger partial charge is 0.299 e. The highest BCUT2D eigenvalue weighted by atomic mass is 79.9. The predicted molar refractivity (Wildman–Crippen MR) is 51.1 cm³/mol. The maximum absolute atomic E-state index is 12.9. The zero-order chi connectivity index (χ0) is 9.42. The zero-order valence-corrected chi connectivity index (χ0v) is 8.47. The fraction of sp³-hybridized carbons (Fsp3) is 0.300. The molecular weight excluding hydrogens is 235 g/mol. The first kappa shape index (κ1) is 8.88. The third kappa shape index (κ3) is 1.53. The highest BCUT2D eigenvalue weighted by Gasteiger charge is 2.31. The number of hydrogen-bond donors (Lipinski definition) is 0. The molecule has 2 rings (SSSR count). The van der Waals surface area contributed by atoms with Gasteiger partial charge in [0.1, 0.15) is 11.6 Å². The molecule has 0 saturated heterocycles. The third-order valence-electron chi connectivity index (χ3n) is 2.40. The monoisotopic (exact) mass is 242 g/mol. The van der Waals surface area contributed by atoms with E-state index in [0.717, 1.165) is 16.5 Å². The third-order valence-corrected chi connectivity index (χ3v) is 3.12. The van der Waals surface area contributed by atoms with Crippen LogP contribution in [0.25, 0.3) is 0 Å². The molecule has 0 bridgehead atoms. The van der Waals surface area contributed by atoms with Crippen molar-refractivity contribution in [2.24, 2.45) is 0 Å². The van der Waals surface area contributed by atoms with Crippen LogP contribution in [0.2, 0.25) is 0 Å². The molecule has 0 amide bonds. The molecule has 1 nitrogen and oxygen atoms in total. The molecule has 0 heterocycles. The number of ketones is 1. The molecule has 13 heavy (non-hydrogen) atoms. The quantitative estimate of drug-likeness (QED) is 0.740. The average Bonchev–Trinajstić information content (AvgIpc) is 2.09. The maximum Gasteiger partial charge on any atom is 0.140 e. The van der Waals surface area contributed by atoms with Gasteiger partial charge in [-0.3, -0.25) is 4.79 Å². The van der Waals surface area contributed by atoms with Crippen molar-refractivity contribution in [3.05, 3.63) is 34.1 Å². The second-order valence-electron chi connectivity index (χ2n) is 3.22. The van der Waals surface area contributed by atoms with Crippen LogP contribution in [0.1, 0.15) is 24.3 Å². The first-order valence-corrected chi connectivity index (χ1v) is 4.95. The Balaban J connectivity index is 2.38. The Morgan fingerprint density at radius 2 is 2.23 bits per heavy atom. The van der Waals surface area contributed by atoms with Gasteiger partial charge in [0.2, 0.25) is 0 Å². The van der Waals surface area contributed by atoms with Crippen LogP contribution < -0.4 is 0 Å². The van der Waals surface area contributed by atoms with Crippen molar-refractivity contribution in [2.75, 3.05) is 0 Å². The van der Waals surface area contributed by atoms with E-state index in [2.05, 4.69) is 15.9 Å². The Bertz CT molecular complexity index is 362. The topological polar surface area (TPSA) is 17.1 Å². The molecular formula is C10H8BrFO. The number of Topliss-reactive ketones (excluding diaryl/α,β-unsaturated/α-hetero) is 1. The van der Waals surface area contributed by atoms with Crippen LogP contribution in [0.3, 0.4) is 0 Å². The van der Waals surface area contributed by atoms with E-state index in [1.165, 1.54) is 12.1 Å². The van der Waals surface area contributed by atoms with Crippen molar-refractivity contribution in [3.63, 3.8) is 0 Å². The lowest BCUT2D eigenvalue weighted by Gasteiger charge is -2.25. The van der Waals surface area contributed by atoms with Crippen LogP contribution in [0, 0.1) is 5.82 Å². The molecule has 0 aromatic heterocycles. The van der Waals surface area contributed by atoms with Crippen molar-refractivity contribution < 1.29 is 9.18 Å². The minimum absolute atomic E-state index is 0.0786. The van der Waals surface area contributed by atoms with E-state index >= 15 is 0 Å². The lowest BCUT2D eigenvalue weighted by Crippen LogP contribution is -2.23. The van der Waals surface area contributed by atoms with E-state index in [9.17, 15) is 9.18 Å². The molecule has 1 aliphatic rings. The second kappa shape index (κ2) is 3.22. The minimum Gasteiger partial charge on any atom is -0.299 e. The number of rotatable bonds is 1. The zero-order valence-electron chi connectivity index (χ0n) is 6.89. The number of carbonyl (C=O) groups is 1. The molecule has 0 N–H and O–H groups in total. The molecule has 68 valence electrons. The average molecular weight is 243 g/mol. The number of halogens is 2. The molecule has 3 heteroatoms. The standard InChI is InChI=1S/C10H8BrFO/c11-9-3-1-6(12)5-8(9)7-2-4-10(7)13/h1,3,5,7H,2,4H2. The Morgan fingerprint density at radius 1 is 1.46 bits per heavy atom. The number of benzene rings is 1. The van der Waals surface area contributed by atoms with Gasteiger partial charge in [0, 0.05) is 16.8 Å². The van der Waals surface area contributed by atoms with Crippen molar-refractivity contribution >= 4 is 21.7 Å². The van der Waals surface area contributed by atoms with E-state index in [4.69, 9.17) is 0 Å². The molecule has 1 aromatic rings. The van der Waals surface area contributed by atoms with Crippen molar-refractivity contribution in [1.29, 1.82) is 0 Å². The normalized spacial score (nSPS) is 21.4. The minimum atomic E-state index is -0.280. The summed E-state index contributed by atoms with van der Waals surface area (Å²) in [7, 11) is 0. The fourth-order valence-corrected chi connectivity index (χ4v) is 2.04. The summed E-state index contributed by atoms with van der Waals surface area (Å²) in [6, 6.07) is 4.47. The van der Waals surface area contributed by atoms with E-state index in [1.807, 2.05) is 0 Å². The molecule has 1 aliphatic carbocycles. The summed E-state index contributed by atoms with van der Waals surface area (Å²) in [6.45, 7) is 0. The molecule has 1 saturated carbocycles. The first-order valence-electron chi connectivity index (χ1n) is 4.16. The summed E-state index contributed by atoms with van der Waals surface area (Å²) in [4.78, 5) is 11.2. The number of carbonyl (C=O) groups excluding carboxylic acids is 1. The van der Waals surface area contributed by atoms with Gasteiger partial charge in [-0.05, 0) is 30.2 Å². The highest BCUT2D eigenvalue weighted by molar-refractivity contribution is 9.10. The lowest BCUT2D eigenvalue weighted by molar-refractivity contribution is -0.125. The molecule has 0 radical (unpaired) electrons. The van der Waals surface area contributed by atoms with Gasteiger partial charge < -0.3 is 0 Å². The summed E-state index contributed by atoms with van der Waals surface area (Å²) in [5.41, 5.74) is 0.788. The molecule has 0 aliphatic heterocycles. The van der Waals surface area contributed by atoms with Gasteiger partial charge in [0.05, 0.1) is 0 Å². The summed E-state index contributed by atoms with van der Waals surface area (Å²) < 4.78 is 13.7. The van der Waals surface area contributed by atoms with Crippen LogP contribution in [-0.4, -0.2) is 5.78 Å². The van der Waals surface area contributed by atoms with Crippen LogP contribution in [0.4, 0.5) is 4.39 Å². The number of hydrogen-bond acceptors (Lipinski definition) is 1. The molecule has 0 spiro atoms. The van der Waals surface area contributed by atoms with Gasteiger partial charge in [-0.2, -0.15) is 0 Å². The molecule has 1 atom stereocenters. The van der Waals surface area contributed by atoms with Gasteiger partial charge in [-0.15, -0.1) is 0 Å². The Hall–Kier alpha value is -0.700. The second-order valence-corrected chi connectivity index (χ2v) is 4.08. The predicted octanol–water partition coefficient (Wildman–Crippen LogP) is 3.03.